The molecule has 1 aromatic carbocycles. The van der Waals surface area contributed by atoms with E-state index in [-0.39, 0.29) is 18.0 Å². The van der Waals surface area contributed by atoms with E-state index in [0.717, 1.165) is 13.1 Å². The zero-order valence-corrected chi connectivity index (χ0v) is 14.7. The second-order valence-electron chi connectivity index (χ2n) is 5.97. The van der Waals surface area contributed by atoms with Gasteiger partial charge in [-0.3, -0.25) is 9.69 Å². The molecule has 2 heterocycles. The molecule has 1 aliphatic rings. The Kier molecular flexibility index (Phi) is 5.36. The topological polar surface area (TPSA) is 32.3 Å². The Morgan fingerprint density at radius 1 is 1.22 bits per heavy atom. The average Bonchev–Trinajstić information content (AvgIpc) is 3.22. The van der Waals surface area contributed by atoms with E-state index in [1.165, 1.54) is 17.7 Å². The van der Waals surface area contributed by atoms with Crippen LogP contribution in [0.3, 0.4) is 0 Å². The van der Waals surface area contributed by atoms with Crippen molar-refractivity contribution in [3.63, 3.8) is 0 Å². The Morgan fingerprint density at radius 3 is 2.52 bits per heavy atom. The lowest BCUT2D eigenvalue weighted by molar-refractivity contribution is 0.0908. The van der Waals surface area contributed by atoms with Crippen LogP contribution in [0.2, 0.25) is 5.02 Å². The van der Waals surface area contributed by atoms with Gasteiger partial charge in [0.1, 0.15) is 0 Å². The van der Waals surface area contributed by atoms with Gasteiger partial charge >= 0.3 is 0 Å². The summed E-state index contributed by atoms with van der Waals surface area (Å²) in [6, 6.07) is 11.6. The number of nitrogens with one attached hydrogen (secondary N) is 1. The predicted octanol–water partition coefficient (Wildman–Crippen LogP) is 4.36. The van der Waals surface area contributed by atoms with Crippen molar-refractivity contribution in [1.82, 2.24) is 10.2 Å². The van der Waals surface area contributed by atoms with Gasteiger partial charge in [0.25, 0.3) is 5.91 Å². The molecule has 1 saturated heterocycles. The van der Waals surface area contributed by atoms with E-state index >= 15 is 0 Å². The zero-order chi connectivity index (χ0) is 16.2. The molecule has 0 bridgehead atoms. The molecule has 1 N–H and O–H groups in total. The van der Waals surface area contributed by atoms with Gasteiger partial charge in [-0.2, -0.15) is 0 Å². The van der Waals surface area contributed by atoms with Crippen LogP contribution < -0.4 is 5.32 Å². The summed E-state index contributed by atoms with van der Waals surface area (Å²) in [5.41, 5.74) is 0.646. The van der Waals surface area contributed by atoms with Gasteiger partial charge in [-0.05, 0) is 68.6 Å². The van der Waals surface area contributed by atoms with Crippen LogP contribution in [0.4, 0.5) is 0 Å². The number of halogens is 1. The lowest BCUT2D eigenvalue weighted by atomic mass is 10.1. The van der Waals surface area contributed by atoms with Gasteiger partial charge in [0.15, 0.2) is 0 Å². The van der Waals surface area contributed by atoms with Crippen molar-refractivity contribution >= 4 is 28.8 Å². The van der Waals surface area contributed by atoms with Crippen LogP contribution in [-0.4, -0.2) is 29.9 Å². The summed E-state index contributed by atoms with van der Waals surface area (Å²) in [6.45, 7) is 4.30. The first-order chi connectivity index (χ1) is 11.1. The molecule has 1 aromatic heterocycles. The maximum Gasteiger partial charge on any atom is 0.251 e. The highest BCUT2D eigenvalue weighted by molar-refractivity contribution is 7.10. The van der Waals surface area contributed by atoms with Gasteiger partial charge in [0, 0.05) is 21.5 Å². The van der Waals surface area contributed by atoms with E-state index < -0.39 is 0 Å². The fourth-order valence-corrected chi connectivity index (χ4v) is 4.28. The molecule has 122 valence electrons. The highest BCUT2D eigenvalue weighted by atomic mass is 35.5. The van der Waals surface area contributed by atoms with Crippen molar-refractivity contribution in [2.24, 2.45) is 0 Å². The highest BCUT2D eigenvalue weighted by Gasteiger charge is 2.30. The van der Waals surface area contributed by atoms with Crippen LogP contribution in [-0.2, 0) is 0 Å². The van der Waals surface area contributed by atoms with Crippen molar-refractivity contribution in [2.45, 2.75) is 31.8 Å². The zero-order valence-electron chi connectivity index (χ0n) is 13.2. The minimum atomic E-state index is -0.0464. The summed E-state index contributed by atoms with van der Waals surface area (Å²) in [7, 11) is 0. The van der Waals surface area contributed by atoms with E-state index in [9.17, 15) is 4.79 Å². The summed E-state index contributed by atoms with van der Waals surface area (Å²) >= 11 is 7.65. The number of hydrogen-bond acceptors (Lipinski definition) is 3. The lowest BCUT2D eigenvalue weighted by Crippen LogP contribution is -2.43. The third-order valence-corrected chi connectivity index (χ3v) is 5.50. The molecule has 0 aliphatic carbocycles. The smallest absolute Gasteiger partial charge is 0.251 e. The molecule has 1 fully saturated rings. The molecule has 5 heteroatoms. The molecule has 2 aromatic rings. The molecule has 0 radical (unpaired) electrons. The molecule has 2 atom stereocenters. The van der Waals surface area contributed by atoms with Crippen LogP contribution in [0.1, 0.15) is 41.0 Å². The maximum absolute atomic E-state index is 12.5. The number of hydrogen-bond donors (Lipinski definition) is 1. The van der Waals surface area contributed by atoms with Gasteiger partial charge in [0.2, 0.25) is 0 Å². The number of amides is 1. The third kappa shape index (κ3) is 3.94. The minimum Gasteiger partial charge on any atom is -0.348 e. The van der Waals surface area contributed by atoms with Gasteiger partial charge in [-0.25, -0.2) is 0 Å². The van der Waals surface area contributed by atoms with Crippen molar-refractivity contribution < 1.29 is 4.79 Å². The number of thiophene rings is 1. The minimum absolute atomic E-state index is 0.0464. The average molecular weight is 349 g/mol. The van der Waals surface area contributed by atoms with E-state index in [1.54, 1.807) is 35.6 Å². The maximum atomic E-state index is 12.5. The number of carbonyl (C=O) groups excluding carboxylic acids is 1. The molecule has 0 spiro atoms. The Labute approximate surface area is 146 Å². The molecular formula is C18H21ClN2OS. The first-order valence-corrected chi connectivity index (χ1v) is 9.25. The third-order valence-electron chi connectivity index (χ3n) is 4.31. The van der Waals surface area contributed by atoms with E-state index in [0.29, 0.717) is 10.6 Å². The fraction of sp³-hybridized carbons (Fsp3) is 0.389. The quantitative estimate of drug-likeness (QED) is 0.870. The van der Waals surface area contributed by atoms with Crippen molar-refractivity contribution in [3.05, 3.63) is 57.2 Å². The number of carbonyl (C=O) groups is 1. The van der Waals surface area contributed by atoms with E-state index in [2.05, 4.69) is 34.7 Å². The molecule has 23 heavy (non-hydrogen) atoms. The van der Waals surface area contributed by atoms with Gasteiger partial charge in [0.05, 0.1) is 6.04 Å². The van der Waals surface area contributed by atoms with Crippen molar-refractivity contribution in [2.75, 3.05) is 13.1 Å². The first-order valence-electron chi connectivity index (χ1n) is 7.99. The molecule has 0 saturated carbocycles. The van der Waals surface area contributed by atoms with Crippen LogP contribution in [0.5, 0.6) is 0 Å². The van der Waals surface area contributed by atoms with Gasteiger partial charge in [-0.15, -0.1) is 11.3 Å². The van der Waals surface area contributed by atoms with Crippen LogP contribution in [0.25, 0.3) is 0 Å². The summed E-state index contributed by atoms with van der Waals surface area (Å²) in [4.78, 5) is 16.3. The fourth-order valence-electron chi connectivity index (χ4n) is 3.19. The van der Waals surface area contributed by atoms with Crippen LogP contribution >= 0.6 is 22.9 Å². The van der Waals surface area contributed by atoms with Crippen molar-refractivity contribution in [3.8, 4) is 0 Å². The number of likely N-dealkylation sites (tertiary alicyclic amines) is 1. The SMILES string of the molecule is C[C@H](NC(=O)c1ccc(Cl)cc1)[C@H](c1cccs1)N1CCCC1. The molecule has 3 nitrogen and oxygen atoms in total. The van der Waals surface area contributed by atoms with Crippen LogP contribution in [0.15, 0.2) is 41.8 Å². The summed E-state index contributed by atoms with van der Waals surface area (Å²) in [5, 5.41) is 5.91. The summed E-state index contributed by atoms with van der Waals surface area (Å²) in [6.07, 6.45) is 2.47. The monoisotopic (exact) mass is 348 g/mol. The van der Waals surface area contributed by atoms with Gasteiger partial charge in [-0.1, -0.05) is 17.7 Å². The second kappa shape index (κ2) is 7.47. The predicted molar refractivity (Wildman–Crippen MR) is 96.2 cm³/mol. The van der Waals surface area contributed by atoms with E-state index in [4.69, 9.17) is 11.6 Å². The Balaban J connectivity index is 1.74. The normalized spacial score (nSPS) is 17.8. The van der Waals surface area contributed by atoms with E-state index in [1.807, 2.05) is 0 Å². The Morgan fingerprint density at radius 2 is 1.91 bits per heavy atom. The largest absolute Gasteiger partial charge is 0.348 e. The Hall–Kier alpha value is -1.36. The molecular weight excluding hydrogens is 328 g/mol. The number of benzene rings is 1. The van der Waals surface area contributed by atoms with Gasteiger partial charge < -0.3 is 5.32 Å². The number of rotatable bonds is 5. The highest BCUT2D eigenvalue weighted by Crippen LogP contribution is 2.31. The standard InChI is InChI=1S/C18H21ClN2OS/c1-13(20-18(22)14-6-8-15(19)9-7-14)17(16-5-4-12-23-16)21-10-2-3-11-21/h4-9,12-13,17H,2-3,10-11H2,1H3,(H,20,22)/t13-,17+/m0/s1. The van der Waals surface area contributed by atoms with Crippen LogP contribution in [0, 0.1) is 0 Å². The van der Waals surface area contributed by atoms with Crippen molar-refractivity contribution in [1.29, 1.82) is 0 Å². The number of nitrogens with zero attached hydrogens (tertiary/aromatic N) is 1. The summed E-state index contributed by atoms with van der Waals surface area (Å²) in [5.74, 6) is -0.0464. The second-order valence-corrected chi connectivity index (χ2v) is 7.39. The molecule has 3 rings (SSSR count). The molecule has 1 aliphatic heterocycles. The molecule has 1 amide bonds. The molecule has 0 unspecified atom stereocenters. The Bertz CT molecular complexity index is 636. The first kappa shape index (κ1) is 16.5. The summed E-state index contributed by atoms with van der Waals surface area (Å²) < 4.78 is 0. The lowest BCUT2D eigenvalue weighted by Gasteiger charge is -2.32.